The van der Waals surface area contributed by atoms with Gasteiger partial charge < -0.3 is 15.6 Å². The first-order chi connectivity index (χ1) is 8.36. The highest BCUT2D eigenvalue weighted by Gasteiger charge is 2.22. The fourth-order valence-electron chi connectivity index (χ4n) is 1.95. The maximum atomic E-state index is 9.43. The van der Waals surface area contributed by atoms with Crippen molar-refractivity contribution in [1.29, 1.82) is 0 Å². The van der Waals surface area contributed by atoms with Crippen molar-refractivity contribution >= 4 is 0 Å². The van der Waals surface area contributed by atoms with Gasteiger partial charge in [-0.05, 0) is 49.4 Å². The lowest BCUT2D eigenvalue weighted by Crippen LogP contribution is -2.45. The first kappa shape index (κ1) is 15.0. The summed E-state index contributed by atoms with van der Waals surface area (Å²) in [5.74, 6) is 1.09. The number of hydrogen-bond acceptors (Lipinski definition) is 3. The zero-order valence-corrected chi connectivity index (χ0v) is 12.0. The summed E-state index contributed by atoms with van der Waals surface area (Å²) < 4.78 is 5.90. The topological polar surface area (TPSA) is 55.5 Å². The standard InChI is InChI=1S/C15H25NO2/c1-9(2)15(16)14(8-17)18-13-7-10(3)6-11(4)12(13)5/h6-7,9,14-15,17H,8,16H2,1-5H3. The highest BCUT2D eigenvalue weighted by Crippen LogP contribution is 2.25. The molecular formula is C15H25NO2. The Kier molecular flexibility index (Phi) is 5.17. The minimum Gasteiger partial charge on any atom is -0.486 e. The van der Waals surface area contributed by atoms with Gasteiger partial charge in [0.15, 0.2) is 0 Å². The molecule has 0 aliphatic rings. The van der Waals surface area contributed by atoms with Gasteiger partial charge >= 0.3 is 0 Å². The van der Waals surface area contributed by atoms with E-state index in [-0.39, 0.29) is 24.7 Å². The Morgan fingerprint density at radius 2 is 1.83 bits per heavy atom. The molecule has 3 heteroatoms. The average Bonchev–Trinajstić information content (AvgIpc) is 2.30. The van der Waals surface area contributed by atoms with Gasteiger partial charge in [-0.3, -0.25) is 0 Å². The van der Waals surface area contributed by atoms with Crippen molar-refractivity contribution < 1.29 is 9.84 Å². The molecule has 0 aliphatic carbocycles. The Labute approximate surface area is 110 Å². The van der Waals surface area contributed by atoms with E-state index in [1.807, 2.05) is 33.8 Å². The third-order valence-electron chi connectivity index (χ3n) is 3.42. The number of aliphatic hydroxyl groups excluding tert-OH is 1. The first-order valence-electron chi connectivity index (χ1n) is 6.47. The van der Waals surface area contributed by atoms with Crippen LogP contribution in [0.5, 0.6) is 5.75 Å². The van der Waals surface area contributed by atoms with Gasteiger partial charge in [0.1, 0.15) is 11.9 Å². The molecule has 0 aliphatic heterocycles. The normalized spacial score (nSPS) is 14.7. The molecule has 0 radical (unpaired) electrons. The molecule has 1 aromatic carbocycles. The molecule has 2 unspecified atom stereocenters. The van der Waals surface area contributed by atoms with Gasteiger partial charge in [-0.1, -0.05) is 19.9 Å². The SMILES string of the molecule is Cc1cc(C)c(C)c(OC(CO)C(N)C(C)C)c1. The van der Waals surface area contributed by atoms with Crippen molar-refractivity contribution in [2.45, 2.75) is 46.8 Å². The molecule has 1 aromatic rings. The van der Waals surface area contributed by atoms with Gasteiger partial charge in [-0.25, -0.2) is 0 Å². The molecule has 0 aromatic heterocycles. The third kappa shape index (κ3) is 3.47. The number of aryl methyl sites for hydroxylation is 2. The van der Waals surface area contributed by atoms with Gasteiger partial charge in [0, 0.05) is 6.04 Å². The Morgan fingerprint density at radius 1 is 1.22 bits per heavy atom. The molecule has 0 fully saturated rings. The quantitative estimate of drug-likeness (QED) is 0.844. The van der Waals surface area contributed by atoms with Crippen molar-refractivity contribution in [3.63, 3.8) is 0 Å². The monoisotopic (exact) mass is 251 g/mol. The van der Waals surface area contributed by atoms with E-state index in [0.29, 0.717) is 0 Å². The van der Waals surface area contributed by atoms with Crippen LogP contribution in [0.1, 0.15) is 30.5 Å². The Hall–Kier alpha value is -1.06. The minimum atomic E-state index is -0.357. The lowest BCUT2D eigenvalue weighted by Gasteiger charge is -2.27. The number of aliphatic hydroxyl groups is 1. The van der Waals surface area contributed by atoms with E-state index in [0.717, 1.165) is 16.9 Å². The molecule has 3 nitrogen and oxygen atoms in total. The van der Waals surface area contributed by atoms with Gasteiger partial charge in [0.25, 0.3) is 0 Å². The summed E-state index contributed by atoms with van der Waals surface area (Å²) in [6.07, 6.45) is -0.357. The number of benzene rings is 1. The summed E-state index contributed by atoms with van der Waals surface area (Å²) in [6, 6.07) is 3.95. The van der Waals surface area contributed by atoms with E-state index in [9.17, 15) is 5.11 Å². The smallest absolute Gasteiger partial charge is 0.137 e. The second kappa shape index (κ2) is 6.21. The maximum Gasteiger partial charge on any atom is 0.137 e. The number of nitrogens with two attached hydrogens (primary N) is 1. The number of hydrogen-bond donors (Lipinski definition) is 2. The zero-order valence-electron chi connectivity index (χ0n) is 12.0. The lowest BCUT2D eigenvalue weighted by atomic mass is 9.99. The van der Waals surface area contributed by atoms with Crippen LogP contribution >= 0.6 is 0 Å². The van der Waals surface area contributed by atoms with E-state index in [4.69, 9.17) is 10.5 Å². The van der Waals surface area contributed by atoms with Crippen LogP contribution < -0.4 is 10.5 Å². The van der Waals surface area contributed by atoms with Gasteiger partial charge in [-0.2, -0.15) is 0 Å². The van der Waals surface area contributed by atoms with Crippen LogP contribution in [0.25, 0.3) is 0 Å². The molecular weight excluding hydrogens is 226 g/mol. The molecule has 1 rings (SSSR count). The molecule has 18 heavy (non-hydrogen) atoms. The summed E-state index contributed by atoms with van der Waals surface area (Å²) in [5.41, 5.74) is 9.52. The predicted octanol–water partition coefficient (Wildman–Crippen LogP) is 2.33. The van der Waals surface area contributed by atoms with Crippen LogP contribution in [0.4, 0.5) is 0 Å². The average molecular weight is 251 g/mol. The first-order valence-corrected chi connectivity index (χ1v) is 6.47. The van der Waals surface area contributed by atoms with Crippen LogP contribution in [0.15, 0.2) is 12.1 Å². The molecule has 0 bridgehead atoms. The van der Waals surface area contributed by atoms with E-state index in [1.54, 1.807) is 0 Å². The highest BCUT2D eigenvalue weighted by atomic mass is 16.5. The van der Waals surface area contributed by atoms with E-state index >= 15 is 0 Å². The van der Waals surface area contributed by atoms with Crippen LogP contribution in [0, 0.1) is 26.7 Å². The molecule has 3 N–H and O–H groups in total. The molecule has 0 heterocycles. The van der Waals surface area contributed by atoms with Crippen molar-refractivity contribution in [1.82, 2.24) is 0 Å². The maximum absolute atomic E-state index is 9.43. The van der Waals surface area contributed by atoms with Crippen molar-refractivity contribution in [2.75, 3.05) is 6.61 Å². The third-order valence-corrected chi connectivity index (χ3v) is 3.42. The molecule has 0 amide bonds. The second-order valence-corrected chi connectivity index (χ2v) is 5.37. The van der Waals surface area contributed by atoms with Crippen molar-refractivity contribution in [3.8, 4) is 5.75 Å². The predicted molar refractivity (Wildman–Crippen MR) is 75.0 cm³/mol. The van der Waals surface area contributed by atoms with E-state index < -0.39 is 0 Å². The highest BCUT2D eigenvalue weighted by molar-refractivity contribution is 5.42. The van der Waals surface area contributed by atoms with Crippen molar-refractivity contribution in [2.24, 2.45) is 11.7 Å². The van der Waals surface area contributed by atoms with Crippen LogP contribution in [0.3, 0.4) is 0 Å². The van der Waals surface area contributed by atoms with Gasteiger partial charge in [-0.15, -0.1) is 0 Å². The summed E-state index contributed by atoms with van der Waals surface area (Å²) in [5, 5.41) is 9.43. The number of rotatable bonds is 5. The second-order valence-electron chi connectivity index (χ2n) is 5.37. The molecule has 0 saturated carbocycles. The van der Waals surface area contributed by atoms with E-state index in [2.05, 4.69) is 13.0 Å². The van der Waals surface area contributed by atoms with Crippen LogP contribution in [-0.2, 0) is 0 Å². The Bertz CT molecular complexity index is 402. The van der Waals surface area contributed by atoms with E-state index in [1.165, 1.54) is 5.56 Å². The number of ether oxygens (including phenoxy) is 1. The largest absolute Gasteiger partial charge is 0.486 e. The lowest BCUT2D eigenvalue weighted by molar-refractivity contribution is 0.0804. The Morgan fingerprint density at radius 3 is 2.33 bits per heavy atom. The zero-order chi connectivity index (χ0) is 13.9. The molecule has 0 spiro atoms. The van der Waals surface area contributed by atoms with Crippen molar-refractivity contribution in [3.05, 3.63) is 28.8 Å². The van der Waals surface area contributed by atoms with Crippen LogP contribution in [-0.4, -0.2) is 23.9 Å². The summed E-state index contributed by atoms with van der Waals surface area (Å²) in [7, 11) is 0. The Balaban J connectivity index is 2.95. The summed E-state index contributed by atoms with van der Waals surface area (Å²) in [4.78, 5) is 0. The molecule has 0 saturated heterocycles. The summed E-state index contributed by atoms with van der Waals surface area (Å²) >= 11 is 0. The minimum absolute atomic E-state index is 0.0637. The van der Waals surface area contributed by atoms with Crippen LogP contribution in [0.2, 0.25) is 0 Å². The van der Waals surface area contributed by atoms with Gasteiger partial charge in [0.05, 0.1) is 6.61 Å². The molecule has 2 atom stereocenters. The fourth-order valence-corrected chi connectivity index (χ4v) is 1.95. The summed E-state index contributed by atoms with van der Waals surface area (Å²) in [6.45, 7) is 10.1. The van der Waals surface area contributed by atoms with Gasteiger partial charge in [0.2, 0.25) is 0 Å². The fraction of sp³-hybridized carbons (Fsp3) is 0.600. The molecule has 102 valence electrons.